The van der Waals surface area contributed by atoms with Crippen LogP contribution in [-0.4, -0.2) is 25.5 Å². The van der Waals surface area contributed by atoms with Crippen molar-refractivity contribution in [2.45, 2.75) is 45.3 Å². The standard InChI is InChI=1S/C20H25NO4S/c1-18(2)16-8-10-19(18)14-26(23,24)21-20(19,12-16)17(22)9-11-25-13-15-6-4-3-5-7-15/h3-7,9,11,16,21H,8,10,12-14H2,1-2H3. The van der Waals surface area contributed by atoms with Gasteiger partial charge < -0.3 is 4.74 Å². The van der Waals surface area contributed by atoms with Crippen molar-refractivity contribution in [3.05, 3.63) is 48.2 Å². The van der Waals surface area contributed by atoms with Gasteiger partial charge in [0.05, 0.1) is 12.0 Å². The summed E-state index contributed by atoms with van der Waals surface area (Å²) >= 11 is 0. The Morgan fingerprint density at radius 1 is 1.31 bits per heavy atom. The molecule has 0 aromatic heterocycles. The van der Waals surface area contributed by atoms with Gasteiger partial charge >= 0.3 is 0 Å². The Morgan fingerprint density at radius 3 is 2.73 bits per heavy atom. The minimum atomic E-state index is -3.44. The van der Waals surface area contributed by atoms with Gasteiger partial charge in [-0.25, -0.2) is 13.1 Å². The maximum atomic E-state index is 13.1. The van der Waals surface area contributed by atoms with E-state index in [0.717, 1.165) is 18.4 Å². The van der Waals surface area contributed by atoms with Gasteiger partial charge in [-0.2, -0.15) is 0 Å². The molecule has 1 N–H and O–H groups in total. The van der Waals surface area contributed by atoms with E-state index in [0.29, 0.717) is 18.9 Å². The van der Waals surface area contributed by atoms with Crippen molar-refractivity contribution in [1.29, 1.82) is 0 Å². The molecule has 1 aromatic rings. The van der Waals surface area contributed by atoms with Crippen LogP contribution in [0.5, 0.6) is 0 Å². The van der Waals surface area contributed by atoms with E-state index in [-0.39, 0.29) is 17.0 Å². The zero-order valence-corrected chi connectivity index (χ0v) is 16.0. The number of ketones is 1. The number of fused-ring (bicyclic) bond motifs is 1. The first-order valence-electron chi connectivity index (χ1n) is 9.11. The molecular formula is C20H25NO4S. The second-order valence-corrected chi connectivity index (χ2v) is 10.2. The summed E-state index contributed by atoms with van der Waals surface area (Å²) in [5.41, 5.74) is -0.686. The minimum absolute atomic E-state index is 0.0496. The van der Waals surface area contributed by atoms with Gasteiger partial charge in [0.2, 0.25) is 10.0 Å². The van der Waals surface area contributed by atoms with Crippen LogP contribution in [0, 0.1) is 16.7 Å². The van der Waals surface area contributed by atoms with Crippen LogP contribution in [0.3, 0.4) is 0 Å². The smallest absolute Gasteiger partial charge is 0.213 e. The fourth-order valence-electron chi connectivity index (χ4n) is 5.68. The van der Waals surface area contributed by atoms with Crippen LogP contribution in [0.25, 0.3) is 0 Å². The van der Waals surface area contributed by atoms with Gasteiger partial charge in [0.1, 0.15) is 12.1 Å². The first-order valence-corrected chi connectivity index (χ1v) is 10.8. The number of benzene rings is 1. The summed E-state index contributed by atoms with van der Waals surface area (Å²) in [4.78, 5) is 13.1. The summed E-state index contributed by atoms with van der Waals surface area (Å²) in [6.45, 7) is 4.62. The molecule has 140 valence electrons. The molecule has 1 spiro atoms. The summed E-state index contributed by atoms with van der Waals surface area (Å²) in [6.07, 6.45) is 5.18. The average molecular weight is 375 g/mol. The molecule has 1 aromatic carbocycles. The normalized spacial score (nSPS) is 36.3. The molecule has 3 fully saturated rings. The van der Waals surface area contributed by atoms with Gasteiger partial charge in [-0.3, -0.25) is 4.79 Å². The highest BCUT2D eigenvalue weighted by molar-refractivity contribution is 7.89. The molecular weight excluding hydrogens is 350 g/mol. The van der Waals surface area contributed by atoms with Gasteiger partial charge in [0.15, 0.2) is 5.78 Å². The quantitative estimate of drug-likeness (QED) is 0.634. The highest BCUT2D eigenvalue weighted by Gasteiger charge is 2.77. The number of sulfonamides is 1. The fraction of sp³-hybridized carbons (Fsp3) is 0.550. The van der Waals surface area contributed by atoms with E-state index in [2.05, 4.69) is 18.6 Å². The second-order valence-electron chi connectivity index (χ2n) is 8.47. The highest BCUT2D eigenvalue weighted by atomic mass is 32.2. The van der Waals surface area contributed by atoms with Gasteiger partial charge in [0, 0.05) is 11.5 Å². The molecule has 26 heavy (non-hydrogen) atoms. The maximum absolute atomic E-state index is 13.1. The Labute approximate surface area is 154 Å². The number of nitrogens with one attached hydrogen (secondary N) is 1. The van der Waals surface area contributed by atoms with Crippen molar-refractivity contribution >= 4 is 15.8 Å². The topological polar surface area (TPSA) is 72.5 Å². The van der Waals surface area contributed by atoms with Crippen LogP contribution < -0.4 is 4.72 Å². The Balaban J connectivity index is 1.56. The first kappa shape index (κ1) is 17.7. The summed E-state index contributed by atoms with van der Waals surface area (Å²) in [5, 5.41) is 0. The lowest BCUT2D eigenvalue weighted by molar-refractivity contribution is -0.125. The molecule has 1 saturated heterocycles. The van der Waals surface area contributed by atoms with Crippen molar-refractivity contribution in [2.24, 2.45) is 16.7 Å². The lowest BCUT2D eigenvalue weighted by atomic mass is 9.61. The number of rotatable bonds is 5. The second kappa shape index (κ2) is 5.67. The predicted octanol–water partition coefficient (Wildman–Crippen LogP) is 2.78. The van der Waals surface area contributed by atoms with E-state index in [1.807, 2.05) is 30.3 Å². The van der Waals surface area contributed by atoms with E-state index in [1.54, 1.807) is 0 Å². The van der Waals surface area contributed by atoms with Crippen LogP contribution in [0.1, 0.15) is 38.7 Å². The fourth-order valence-corrected chi connectivity index (χ4v) is 8.08. The Bertz CT molecular complexity index is 861. The highest BCUT2D eigenvalue weighted by Crippen LogP contribution is 2.72. The molecule has 2 aliphatic carbocycles. The lowest BCUT2D eigenvalue weighted by Crippen LogP contribution is -2.58. The number of carbonyl (C=O) groups excluding carboxylic acids is 1. The van der Waals surface area contributed by atoms with Crippen molar-refractivity contribution in [2.75, 3.05) is 5.75 Å². The third-order valence-corrected chi connectivity index (χ3v) is 8.67. The summed E-state index contributed by atoms with van der Waals surface area (Å²) in [6, 6.07) is 9.70. The molecule has 5 nitrogen and oxygen atoms in total. The van der Waals surface area contributed by atoms with Crippen LogP contribution in [-0.2, 0) is 26.2 Å². The van der Waals surface area contributed by atoms with Crippen LogP contribution in [0.2, 0.25) is 0 Å². The van der Waals surface area contributed by atoms with Crippen LogP contribution in [0.4, 0.5) is 0 Å². The van der Waals surface area contributed by atoms with Crippen molar-refractivity contribution in [3.8, 4) is 0 Å². The van der Waals surface area contributed by atoms with Crippen molar-refractivity contribution in [3.63, 3.8) is 0 Å². The molecule has 3 unspecified atom stereocenters. The molecule has 3 atom stereocenters. The lowest BCUT2D eigenvalue weighted by Gasteiger charge is -2.42. The van der Waals surface area contributed by atoms with Gasteiger partial charge in [-0.05, 0) is 36.2 Å². The molecule has 6 heteroatoms. The Morgan fingerprint density at radius 2 is 2.04 bits per heavy atom. The summed E-state index contributed by atoms with van der Waals surface area (Å²) in [7, 11) is -3.44. The van der Waals surface area contributed by atoms with E-state index >= 15 is 0 Å². The monoisotopic (exact) mass is 375 g/mol. The van der Waals surface area contributed by atoms with Crippen molar-refractivity contribution in [1.82, 2.24) is 4.72 Å². The zero-order valence-electron chi connectivity index (χ0n) is 15.2. The molecule has 4 rings (SSSR count). The molecule has 0 radical (unpaired) electrons. The average Bonchev–Trinajstić information content (AvgIpc) is 3.06. The third kappa shape index (κ3) is 2.31. The first-order chi connectivity index (χ1) is 12.2. The number of hydrogen-bond donors (Lipinski definition) is 1. The maximum Gasteiger partial charge on any atom is 0.213 e. The van der Waals surface area contributed by atoms with Crippen molar-refractivity contribution < 1.29 is 17.9 Å². The molecule has 1 heterocycles. The third-order valence-electron chi connectivity index (χ3n) is 7.14. The molecule has 2 saturated carbocycles. The Kier molecular flexibility index (Phi) is 3.87. The Hall–Kier alpha value is -1.66. The van der Waals surface area contributed by atoms with E-state index in [4.69, 9.17) is 4.74 Å². The molecule has 1 aliphatic heterocycles. The summed E-state index contributed by atoms with van der Waals surface area (Å²) < 4.78 is 33.1. The van der Waals surface area contributed by atoms with Gasteiger partial charge in [-0.15, -0.1) is 0 Å². The molecule has 0 amide bonds. The van der Waals surface area contributed by atoms with E-state index < -0.39 is 21.0 Å². The van der Waals surface area contributed by atoms with Gasteiger partial charge in [0.25, 0.3) is 0 Å². The van der Waals surface area contributed by atoms with Crippen LogP contribution >= 0.6 is 0 Å². The van der Waals surface area contributed by atoms with E-state index in [1.165, 1.54) is 12.3 Å². The zero-order chi connectivity index (χ0) is 18.6. The SMILES string of the molecule is CC1(C)C2CCC13CS(=O)(=O)NC3(C(=O)C=COCc1ccccc1)C2. The number of ether oxygens (including phenoxy) is 1. The van der Waals surface area contributed by atoms with E-state index in [9.17, 15) is 13.2 Å². The van der Waals surface area contributed by atoms with Crippen LogP contribution in [0.15, 0.2) is 42.7 Å². The molecule has 2 bridgehead atoms. The number of hydrogen-bond acceptors (Lipinski definition) is 4. The van der Waals surface area contributed by atoms with Gasteiger partial charge in [-0.1, -0.05) is 44.2 Å². The largest absolute Gasteiger partial charge is 0.496 e. The summed E-state index contributed by atoms with van der Waals surface area (Å²) in [5.74, 6) is 0.239. The predicted molar refractivity (Wildman–Crippen MR) is 98.6 cm³/mol. The number of carbonyl (C=O) groups is 1. The molecule has 3 aliphatic rings. The minimum Gasteiger partial charge on any atom is -0.496 e.